The van der Waals surface area contributed by atoms with E-state index in [4.69, 9.17) is 4.74 Å². The minimum absolute atomic E-state index is 0. The van der Waals surface area contributed by atoms with Crippen molar-refractivity contribution < 1.29 is 4.74 Å². The topological polar surface area (TPSA) is 67.6 Å². The molecule has 1 aliphatic rings. The molecule has 1 saturated heterocycles. The van der Waals surface area contributed by atoms with Gasteiger partial charge in [-0.2, -0.15) is 0 Å². The van der Waals surface area contributed by atoms with Crippen LogP contribution >= 0.6 is 24.0 Å². The fraction of sp³-hybridized carbons (Fsp3) is 0.318. The molecule has 0 radical (unpaired) electrons. The monoisotopic (exact) mass is 518 g/mol. The molecular formula is C22H27IN6O. The van der Waals surface area contributed by atoms with Gasteiger partial charge in [-0.3, -0.25) is 9.56 Å². The molecule has 8 heteroatoms. The van der Waals surface area contributed by atoms with E-state index in [1.807, 2.05) is 30.1 Å². The van der Waals surface area contributed by atoms with Crippen molar-refractivity contribution in [3.05, 3.63) is 78.0 Å². The van der Waals surface area contributed by atoms with Crippen LogP contribution in [0.1, 0.15) is 22.8 Å². The maximum absolute atomic E-state index is 6.04. The summed E-state index contributed by atoms with van der Waals surface area (Å²) in [5, 5.41) is 3.46. The average molecular weight is 518 g/mol. The number of aliphatic imine (C=N–C) groups is 1. The second kappa shape index (κ2) is 10.5. The summed E-state index contributed by atoms with van der Waals surface area (Å²) in [5.41, 5.74) is 3.59. The molecule has 158 valence electrons. The molecule has 1 fully saturated rings. The largest absolute Gasteiger partial charge is 0.370 e. The van der Waals surface area contributed by atoms with Crippen LogP contribution in [0.15, 0.2) is 66.3 Å². The lowest BCUT2D eigenvalue weighted by molar-refractivity contribution is -0.00834. The lowest BCUT2D eigenvalue weighted by Crippen LogP contribution is -2.48. The van der Waals surface area contributed by atoms with Crippen LogP contribution in [-0.2, 0) is 11.3 Å². The molecule has 0 saturated carbocycles. The Kier molecular flexibility index (Phi) is 7.81. The molecule has 0 amide bonds. The Morgan fingerprint density at radius 2 is 2.13 bits per heavy atom. The molecule has 0 bridgehead atoms. The Hall–Kier alpha value is -2.46. The van der Waals surface area contributed by atoms with E-state index in [0.29, 0.717) is 13.2 Å². The van der Waals surface area contributed by atoms with E-state index < -0.39 is 0 Å². The first-order chi connectivity index (χ1) is 14.2. The van der Waals surface area contributed by atoms with Gasteiger partial charge >= 0.3 is 0 Å². The van der Waals surface area contributed by atoms with E-state index in [1.165, 1.54) is 11.1 Å². The highest BCUT2D eigenvalue weighted by molar-refractivity contribution is 14.0. The minimum Gasteiger partial charge on any atom is -0.370 e. The molecule has 2 aromatic heterocycles. The predicted molar refractivity (Wildman–Crippen MR) is 128 cm³/mol. The Labute approximate surface area is 194 Å². The Bertz CT molecular complexity index is 958. The smallest absolute Gasteiger partial charge is 0.194 e. The quantitative estimate of drug-likeness (QED) is 0.326. The first kappa shape index (κ1) is 22.2. The molecule has 1 atom stereocenters. The summed E-state index contributed by atoms with van der Waals surface area (Å²) in [7, 11) is 1.82. The molecule has 3 heterocycles. The predicted octanol–water partition coefficient (Wildman–Crippen LogP) is 3.34. The number of halogens is 1. The van der Waals surface area contributed by atoms with Crippen molar-refractivity contribution in [1.82, 2.24) is 24.8 Å². The number of hydrogen-bond donors (Lipinski definition) is 1. The summed E-state index contributed by atoms with van der Waals surface area (Å²) in [6, 6.07) is 12.5. The lowest BCUT2D eigenvalue weighted by atomic mass is 10.0. The second-order valence-corrected chi connectivity index (χ2v) is 7.06. The second-order valence-electron chi connectivity index (χ2n) is 7.06. The summed E-state index contributed by atoms with van der Waals surface area (Å²) >= 11 is 0. The van der Waals surface area contributed by atoms with Crippen molar-refractivity contribution in [2.75, 3.05) is 26.7 Å². The SMILES string of the molecule is CN=C(NCc1ccc(-n2ccnc2)nc1)N1CCOC(c2ccccc2C)C1.I. The number of hydrogen-bond acceptors (Lipinski definition) is 4. The van der Waals surface area contributed by atoms with Gasteiger partial charge in [-0.1, -0.05) is 30.3 Å². The van der Waals surface area contributed by atoms with Gasteiger partial charge in [0.05, 0.1) is 13.2 Å². The molecule has 1 N–H and O–H groups in total. The summed E-state index contributed by atoms with van der Waals surface area (Å²) in [6.07, 6.45) is 7.30. The molecule has 4 rings (SSSR count). The zero-order valence-electron chi connectivity index (χ0n) is 17.2. The molecule has 3 aromatic rings. The maximum atomic E-state index is 6.04. The van der Waals surface area contributed by atoms with Crippen LogP contribution in [0.5, 0.6) is 0 Å². The summed E-state index contributed by atoms with van der Waals surface area (Å²) in [4.78, 5) is 15.3. The molecule has 1 aliphatic heterocycles. The highest BCUT2D eigenvalue weighted by atomic mass is 127. The number of guanidine groups is 1. The van der Waals surface area contributed by atoms with Crippen LogP contribution in [0, 0.1) is 6.92 Å². The number of nitrogens with one attached hydrogen (secondary N) is 1. The summed E-state index contributed by atoms with van der Waals surface area (Å²) < 4.78 is 7.92. The first-order valence-corrected chi connectivity index (χ1v) is 9.80. The molecule has 7 nitrogen and oxygen atoms in total. The fourth-order valence-electron chi connectivity index (χ4n) is 3.56. The maximum Gasteiger partial charge on any atom is 0.194 e. The van der Waals surface area contributed by atoms with Crippen LogP contribution in [0.4, 0.5) is 0 Å². The summed E-state index contributed by atoms with van der Waals surface area (Å²) in [5.74, 6) is 1.73. The van der Waals surface area contributed by atoms with E-state index in [1.54, 1.807) is 12.5 Å². The number of morpholine rings is 1. The van der Waals surface area contributed by atoms with Gasteiger partial charge < -0.3 is 15.0 Å². The van der Waals surface area contributed by atoms with Gasteiger partial charge in [0, 0.05) is 38.7 Å². The minimum atomic E-state index is 0. The van der Waals surface area contributed by atoms with E-state index in [2.05, 4.69) is 62.4 Å². The molecule has 1 aromatic carbocycles. The number of rotatable bonds is 4. The van der Waals surface area contributed by atoms with E-state index in [9.17, 15) is 0 Å². The third kappa shape index (κ3) is 5.17. The molecular weight excluding hydrogens is 491 g/mol. The average Bonchev–Trinajstić information content (AvgIpc) is 3.30. The highest BCUT2D eigenvalue weighted by Gasteiger charge is 2.25. The molecule has 30 heavy (non-hydrogen) atoms. The number of aromatic nitrogens is 3. The molecule has 1 unspecified atom stereocenters. The van der Waals surface area contributed by atoms with Crippen LogP contribution in [0.2, 0.25) is 0 Å². The highest BCUT2D eigenvalue weighted by Crippen LogP contribution is 2.25. The standard InChI is InChI=1S/C22H26N6O.HI/c1-17-5-3-4-6-19(17)20-15-27(11-12-29-20)22(23-2)26-14-18-7-8-21(25-13-18)28-10-9-24-16-28;/h3-10,13,16,20H,11-12,14-15H2,1-2H3,(H,23,26);1H. The van der Waals surface area contributed by atoms with Gasteiger partial charge in [0.25, 0.3) is 0 Å². The van der Waals surface area contributed by atoms with Gasteiger partial charge in [0.2, 0.25) is 0 Å². The van der Waals surface area contributed by atoms with E-state index in [-0.39, 0.29) is 30.1 Å². The Morgan fingerprint density at radius 1 is 1.27 bits per heavy atom. The van der Waals surface area contributed by atoms with Crippen LogP contribution < -0.4 is 5.32 Å². The number of ether oxygens (including phenoxy) is 1. The third-order valence-corrected chi connectivity index (χ3v) is 5.14. The normalized spacial score (nSPS) is 16.8. The lowest BCUT2D eigenvalue weighted by Gasteiger charge is -2.35. The van der Waals surface area contributed by atoms with Crippen LogP contribution in [-0.4, -0.2) is 52.1 Å². The first-order valence-electron chi connectivity index (χ1n) is 9.80. The zero-order chi connectivity index (χ0) is 20.1. The Balaban J connectivity index is 0.00000256. The van der Waals surface area contributed by atoms with Gasteiger partial charge in [-0.05, 0) is 29.7 Å². The number of nitrogens with zero attached hydrogens (tertiary/aromatic N) is 5. The van der Waals surface area contributed by atoms with Crippen LogP contribution in [0.3, 0.4) is 0 Å². The van der Waals surface area contributed by atoms with Crippen molar-refractivity contribution >= 4 is 29.9 Å². The fourth-order valence-corrected chi connectivity index (χ4v) is 3.56. The number of imidazole rings is 1. The van der Waals surface area contributed by atoms with Crippen molar-refractivity contribution in [3.8, 4) is 5.82 Å². The van der Waals surface area contributed by atoms with Gasteiger partial charge in [0.15, 0.2) is 5.96 Å². The molecule has 0 aliphatic carbocycles. The van der Waals surface area contributed by atoms with Crippen LogP contribution in [0.25, 0.3) is 5.82 Å². The van der Waals surface area contributed by atoms with Crippen molar-refractivity contribution in [3.63, 3.8) is 0 Å². The van der Waals surface area contributed by atoms with Crippen molar-refractivity contribution in [2.45, 2.75) is 19.6 Å². The van der Waals surface area contributed by atoms with Crippen molar-refractivity contribution in [2.24, 2.45) is 4.99 Å². The number of aryl methyl sites for hydroxylation is 1. The van der Waals surface area contributed by atoms with Gasteiger partial charge in [0.1, 0.15) is 18.2 Å². The number of pyridine rings is 1. The van der Waals surface area contributed by atoms with Gasteiger partial charge in [-0.15, -0.1) is 24.0 Å². The van der Waals surface area contributed by atoms with Crippen molar-refractivity contribution in [1.29, 1.82) is 0 Å². The molecule has 0 spiro atoms. The summed E-state index contributed by atoms with van der Waals surface area (Å²) in [6.45, 7) is 5.07. The zero-order valence-corrected chi connectivity index (χ0v) is 19.6. The third-order valence-electron chi connectivity index (χ3n) is 5.14. The number of benzene rings is 1. The van der Waals surface area contributed by atoms with E-state index in [0.717, 1.165) is 30.4 Å². The Morgan fingerprint density at radius 3 is 2.83 bits per heavy atom. The van der Waals surface area contributed by atoms with Gasteiger partial charge in [-0.25, -0.2) is 9.97 Å². The van der Waals surface area contributed by atoms with E-state index >= 15 is 0 Å².